The number of carbonyl (C=O) groups excluding carboxylic acids is 3. The van der Waals surface area contributed by atoms with Crippen LogP contribution in [0.1, 0.15) is 323 Å². The summed E-state index contributed by atoms with van der Waals surface area (Å²) in [7, 11) is 0. The molecule has 0 aliphatic carbocycles. The molecule has 0 saturated heterocycles. The molecule has 0 heterocycles. The van der Waals surface area contributed by atoms with Crippen molar-refractivity contribution in [1.82, 2.24) is 0 Å². The first-order valence-corrected chi connectivity index (χ1v) is 28.7. The van der Waals surface area contributed by atoms with Crippen molar-refractivity contribution in [3.8, 4) is 0 Å². The third kappa shape index (κ3) is 51.1. The second-order valence-electron chi connectivity index (χ2n) is 19.6. The van der Waals surface area contributed by atoms with Crippen molar-refractivity contribution in [3.05, 3.63) is 12.2 Å². The number of allylic oxidation sites excluding steroid dienone is 2. The Morgan fingerprint density at radius 1 is 0.297 bits per heavy atom. The molecule has 0 aromatic carbocycles. The molecule has 64 heavy (non-hydrogen) atoms. The van der Waals surface area contributed by atoms with E-state index in [1.807, 2.05) is 0 Å². The van der Waals surface area contributed by atoms with Crippen LogP contribution in [0.4, 0.5) is 0 Å². The van der Waals surface area contributed by atoms with Crippen LogP contribution in [0.5, 0.6) is 0 Å². The molecule has 0 rings (SSSR count). The van der Waals surface area contributed by atoms with Crippen LogP contribution >= 0.6 is 0 Å². The van der Waals surface area contributed by atoms with E-state index in [9.17, 15) is 14.4 Å². The zero-order valence-electron chi connectivity index (χ0n) is 43.3. The Bertz CT molecular complexity index is 993. The Hall–Kier alpha value is -1.85. The number of hydrogen-bond acceptors (Lipinski definition) is 6. The summed E-state index contributed by atoms with van der Waals surface area (Å²) >= 11 is 0. The van der Waals surface area contributed by atoms with Crippen LogP contribution in [0.25, 0.3) is 0 Å². The molecule has 1 atom stereocenters. The lowest BCUT2D eigenvalue weighted by Crippen LogP contribution is -2.30. The average Bonchev–Trinajstić information content (AvgIpc) is 3.29. The Balaban J connectivity index is 4.24. The summed E-state index contributed by atoms with van der Waals surface area (Å²) in [5, 5.41) is 0. The highest BCUT2D eigenvalue weighted by atomic mass is 16.6. The Kier molecular flexibility index (Phi) is 52.2. The molecule has 0 spiro atoms. The molecule has 6 nitrogen and oxygen atoms in total. The fourth-order valence-corrected chi connectivity index (χ4v) is 8.68. The maximum atomic E-state index is 12.8. The van der Waals surface area contributed by atoms with Crippen LogP contribution in [0, 0.1) is 0 Å². The molecule has 0 N–H and O–H groups in total. The number of hydrogen-bond donors (Lipinski definition) is 0. The van der Waals surface area contributed by atoms with E-state index in [4.69, 9.17) is 14.2 Å². The third-order valence-electron chi connectivity index (χ3n) is 13.0. The predicted octanol–water partition coefficient (Wildman–Crippen LogP) is 18.9. The fraction of sp³-hybridized carbons (Fsp3) is 0.914. The summed E-state index contributed by atoms with van der Waals surface area (Å²) in [6.07, 6.45) is 60.6. The first-order valence-electron chi connectivity index (χ1n) is 28.7. The predicted molar refractivity (Wildman–Crippen MR) is 275 cm³/mol. The largest absolute Gasteiger partial charge is 0.462 e. The minimum Gasteiger partial charge on any atom is -0.462 e. The second kappa shape index (κ2) is 53.8. The monoisotopic (exact) mass is 903 g/mol. The first-order chi connectivity index (χ1) is 31.5. The summed E-state index contributed by atoms with van der Waals surface area (Å²) in [6, 6.07) is 0. The van der Waals surface area contributed by atoms with Crippen LogP contribution in [0.2, 0.25) is 0 Å². The van der Waals surface area contributed by atoms with Crippen LogP contribution < -0.4 is 0 Å². The summed E-state index contributed by atoms with van der Waals surface area (Å²) in [5.74, 6) is -0.845. The van der Waals surface area contributed by atoms with E-state index in [2.05, 4.69) is 32.9 Å². The molecule has 0 aromatic heterocycles. The Morgan fingerprint density at radius 2 is 0.516 bits per heavy atom. The highest BCUT2D eigenvalue weighted by Crippen LogP contribution is 2.17. The van der Waals surface area contributed by atoms with Gasteiger partial charge in [-0.1, -0.05) is 270 Å². The van der Waals surface area contributed by atoms with E-state index in [1.165, 1.54) is 225 Å². The summed E-state index contributed by atoms with van der Waals surface area (Å²) in [6.45, 7) is 6.68. The van der Waals surface area contributed by atoms with Crippen molar-refractivity contribution in [2.45, 2.75) is 329 Å². The van der Waals surface area contributed by atoms with Gasteiger partial charge in [-0.25, -0.2) is 0 Å². The second-order valence-corrected chi connectivity index (χ2v) is 19.6. The molecule has 0 amide bonds. The average molecular weight is 904 g/mol. The van der Waals surface area contributed by atoms with Crippen molar-refractivity contribution >= 4 is 17.9 Å². The van der Waals surface area contributed by atoms with E-state index in [0.717, 1.165) is 57.8 Å². The molecule has 0 aliphatic rings. The Morgan fingerprint density at radius 3 is 0.781 bits per heavy atom. The summed E-state index contributed by atoms with van der Waals surface area (Å²) < 4.78 is 16.9. The first kappa shape index (κ1) is 62.1. The molecule has 0 aromatic rings. The van der Waals surface area contributed by atoms with Gasteiger partial charge >= 0.3 is 17.9 Å². The topological polar surface area (TPSA) is 78.9 Å². The zero-order chi connectivity index (χ0) is 46.5. The van der Waals surface area contributed by atoms with Gasteiger partial charge in [-0.15, -0.1) is 0 Å². The molecule has 0 bridgehead atoms. The molecule has 6 heteroatoms. The Labute approximate surface area is 399 Å². The van der Waals surface area contributed by atoms with Gasteiger partial charge in [0.1, 0.15) is 13.2 Å². The van der Waals surface area contributed by atoms with Crippen LogP contribution in [0.15, 0.2) is 12.2 Å². The van der Waals surface area contributed by atoms with Gasteiger partial charge in [0.25, 0.3) is 0 Å². The van der Waals surface area contributed by atoms with E-state index in [-0.39, 0.29) is 31.1 Å². The van der Waals surface area contributed by atoms with Crippen LogP contribution in [-0.2, 0) is 28.6 Å². The summed E-state index contributed by atoms with van der Waals surface area (Å²) in [5.41, 5.74) is 0. The maximum Gasteiger partial charge on any atom is 0.306 e. The van der Waals surface area contributed by atoms with E-state index in [1.54, 1.807) is 0 Å². The number of rotatable bonds is 53. The van der Waals surface area contributed by atoms with E-state index < -0.39 is 6.10 Å². The number of unbranched alkanes of at least 4 members (excludes halogenated alkanes) is 40. The van der Waals surface area contributed by atoms with Crippen LogP contribution in [0.3, 0.4) is 0 Å². The van der Waals surface area contributed by atoms with Crippen molar-refractivity contribution in [2.24, 2.45) is 0 Å². The van der Waals surface area contributed by atoms with Crippen molar-refractivity contribution in [2.75, 3.05) is 13.2 Å². The van der Waals surface area contributed by atoms with Gasteiger partial charge in [0.2, 0.25) is 0 Å². The summed E-state index contributed by atoms with van der Waals surface area (Å²) in [4.78, 5) is 38.1. The standard InChI is InChI=1S/C58H110O6/c1-4-7-10-13-16-19-22-25-26-27-28-29-30-31-32-34-36-39-42-45-48-51-57(60)63-54-55(53-62-56(59)50-47-44-41-38-35-24-21-18-15-12-9-6-3)64-58(61)52-49-46-43-40-37-33-23-20-17-14-11-8-5-2/h27-28,55H,4-26,29-54H2,1-3H3/b28-27-. The lowest BCUT2D eigenvalue weighted by atomic mass is 10.0. The van der Waals surface area contributed by atoms with Crippen molar-refractivity contribution in [1.29, 1.82) is 0 Å². The highest BCUT2D eigenvalue weighted by Gasteiger charge is 2.19. The maximum absolute atomic E-state index is 12.8. The molecular formula is C58H110O6. The van der Waals surface area contributed by atoms with Gasteiger partial charge in [-0.3, -0.25) is 14.4 Å². The molecule has 0 radical (unpaired) electrons. The van der Waals surface area contributed by atoms with Gasteiger partial charge in [0, 0.05) is 19.3 Å². The lowest BCUT2D eigenvalue weighted by molar-refractivity contribution is -0.167. The molecular weight excluding hydrogens is 793 g/mol. The minimum atomic E-state index is -0.764. The van der Waals surface area contributed by atoms with Gasteiger partial charge < -0.3 is 14.2 Å². The molecule has 0 aliphatic heterocycles. The molecule has 0 saturated carbocycles. The smallest absolute Gasteiger partial charge is 0.306 e. The molecule has 1 unspecified atom stereocenters. The minimum absolute atomic E-state index is 0.0647. The number of ether oxygens (including phenoxy) is 3. The van der Waals surface area contributed by atoms with E-state index in [0.29, 0.717) is 19.3 Å². The SMILES string of the molecule is CCCCCCCCCC/C=C\CCCCCCCCCCCC(=O)OCC(COC(=O)CCCCCCCCCCCCCC)OC(=O)CCCCCCCCCCCCCCC. The number of esters is 3. The number of carbonyl (C=O) groups is 3. The quantitative estimate of drug-likeness (QED) is 0.0262. The van der Waals surface area contributed by atoms with Gasteiger partial charge in [0.05, 0.1) is 0 Å². The van der Waals surface area contributed by atoms with Gasteiger partial charge in [0.15, 0.2) is 6.10 Å². The molecule has 378 valence electrons. The fourth-order valence-electron chi connectivity index (χ4n) is 8.68. The molecule has 0 fully saturated rings. The van der Waals surface area contributed by atoms with E-state index >= 15 is 0 Å². The zero-order valence-corrected chi connectivity index (χ0v) is 43.3. The third-order valence-corrected chi connectivity index (χ3v) is 13.0. The van der Waals surface area contributed by atoms with Crippen molar-refractivity contribution < 1.29 is 28.6 Å². The van der Waals surface area contributed by atoms with Crippen molar-refractivity contribution in [3.63, 3.8) is 0 Å². The normalized spacial score (nSPS) is 12.0. The highest BCUT2D eigenvalue weighted by molar-refractivity contribution is 5.71. The van der Waals surface area contributed by atoms with Gasteiger partial charge in [-0.05, 0) is 44.9 Å². The lowest BCUT2D eigenvalue weighted by Gasteiger charge is -2.18. The van der Waals surface area contributed by atoms with Crippen LogP contribution in [-0.4, -0.2) is 37.2 Å². The van der Waals surface area contributed by atoms with Gasteiger partial charge in [-0.2, -0.15) is 0 Å².